The molecule has 0 saturated heterocycles. The number of aryl methyl sites for hydroxylation is 1. The first kappa shape index (κ1) is 32.9. The summed E-state index contributed by atoms with van der Waals surface area (Å²) in [7, 11) is 3.43. The first-order chi connectivity index (χ1) is 22.6. The standard InChI is InChI=1S/C36H44N4O6S/c1-6-23-29(45-5)13-12-24-30(17-27(37-31(23)24)33-38-28(19-47-33)20(2)3)46-22-15-25-26(16-22)34(42)40(4)14-10-8-7-9-11-21-18-36(21,35(43)44)39-32(25)41/h9,11-13,17,19-22,25-26H,6-8,10,14-16,18H2,1-5H3,(H,39,41)(H,43,44)/b11-9-/t21-,22+,25+,26+,36+/m0/s1. The lowest BCUT2D eigenvalue weighted by Gasteiger charge is -2.26. The fourth-order valence-corrected chi connectivity index (χ4v) is 8.02. The highest BCUT2D eigenvalue weighted by Crippen LogP contribution is 2.47. The number of benzene rings is 1. The second-order valence-electron chi connectivity index (χ2n) is 13.4. The molecule has 0 unspecified atom stereocenters. The van der Waals surface area contributed by atoms with Crippen molar-refractivity contribution in [2.75, 3.05) is 20.7 Å². The van der Waals surface area contributed by atoms with Gasteiger partial charge in [-0.1, -0.05) is 32.9 Å². The van der Waals surface area contributed by atoms with Crippen molar-refractivity contribution in [1.29, 1.82) is 0 Å². The van der Waals surface area contributed by atoms with Crippen molar-refractivity contribution in [3.63, 3.8) is 0 Å². The van der Waals surface area contributed by atoms with E-state index in [1.807, 2.05) is 30.4 Å². The molecule has 10 nitrogen and oxygen atoms in total. The molecular formula is C36H44N4O6S. The lowest BCUT2D eigenvalue weighted by molar-refractivity contribution is -0.145. The Kier molecular flexibility index (Phi) is 9.29. The Morgan fingerprint density at radius 1 is 1.17 bits per heavy atom. The summed E-state index contributed by atoms with van der Waals surface area (Å²) in [5, 5.41) is 16.6. The quantitative estimate of drug-likeness (QED) is 0.296. The van der Waals surface area contributed by atoms with E-state index in [4.69, 9.17) is 19.4 Å². The summed E-state index contributed by atoms with van der Waals surface area (Å²) >= 11 is 1.54. The van der Waals surface area contributed by atoms with E-state index in [1.165, 1.54) is 11.3 Å². The third-order valence-corrected chi connectivity index (χ3v) is 10.9. The number of carbonyl (C=O) groups is 3. The molecule has 3 heterocycles. The minimum absolute atomic E-state index is 0.108. The minimum Gasteiger partial charge on any atom is -0.496 e. The zero-order valence-electron chi connectivity index (χ0n) is 27.7. The largest absolute Gasteiger partial charge is 0.496 e. The van der Waals surface area contributed by atoms with Crippen LogP contribution in [0.15, 0.2) is 35.7 Å². The van der Waals surface area contributed by atoms with Crippen molar-refractivity contribution >= 4 is 40.0 Å². The molecule has 1 aromatic carbocycles. The second-order valence-corrected chi connectivity index (χ2v) is 14.3. The molecule has 2 aromatic heterocycles. The van der Waals surface area contributed by atoms with Gasteiger partial charge in [-0.15, -0.1) is 11.3 Å². The van der Waals surface area contributed by atoms with Crippen LogP contribution in [0.1, 0.15) is 76.5 Å². The number of ether oxygens (including phenoxy) is 2. The second kappa shape index (κ2) is 13.3. The number of nitrogens with one attached hydrogen (secondary N) is 1. The molecule has 3 aromatic rings. The van der Waals surface area contributed by atoms with Crippen LogP contribution in [-0.4, -0.2) is 70.1 Å². The third kappa shape index (κ3) is 6.34. The lowest BCUT2D eigenvalue weighted by Crippen LogP contribution is -2.49. The number of nitrogens with zero attached hydrogens (tertiary/aromatic N) is 3. The molecule has 3 aliphatic rings. The van der Waals surface area contributed by atoms with Gasteiger partial charge in [0.2, 0.25) is 11.8 Å². The number of carboxylic acid groups (broad SMARTS) is 1. The Balaban J connectivity index is 1.36. The maximum atomic E-state index is 13.9. The fraction of sp³-hybridized carbons (Fsp3) is 0.528. The van der Waals surface area contributed by atoms with E-state index in [1.54, 1.807) is 19.1 Å². The maximum absolute atomic E-state index is 13.9. The van der Waals surface area contributed by atoms with Gasteiger partial charge in [0.05, 0.1) is 30.2 Å². The van der Waals surface area contributed by atoms with Crippen molar-refractivity contribution in [1.82, 2.24) is 20.2 Å². The van der Waals surface area contributed by atoms with Crippen molar-refractivity contribution in [2.24, 2.45) is 17.8 Å². The molecule has 2 amide bonds. The first-order valence-corrected chi connectivity index (χ1v) is 17.5. The number of hydrogen-bond acceptors (Lipinski definition) is 8. The Morgan fingerprint density at radius 3 is 2.66 bits per heavy atom. The Bertz CT molecular complexity index is 1720. The van der Waals surface area contributed by atoms with E-state index in [0.29, 0.717) is 37.3 Å². The third-order valence-electron chi connectivity index (χ3n) is 9.98. The number of carboxylic acids is 1. The van der Waals surface area contributed by atoms with Gasteiger partial charge in [-0.05, 0) is 63.0 Å². The first-order valence-electron chi connectivity index (χ1n) is 16.7. The highest BCUT2D eigenvalue weighted by atomic mass is 32.1. The normalized spacial score (nSPS) is 27.1. The summed E-state index contributed by atoms with van der Waals surface area (Å²) in [5.41, 5.74) is 2.08. The molecule has 0 bridgehead atoms. The maximum Gasteiger partial charge on any atom is 0.330 e. The van der Waals surface area contributed by atoms with Gasteiger partial charge >= 0.3 is 5.97 Å². The van der Waals surface area contributed by atoms with Gasteiger partial charge in [0.15, 0.2) is 0 Å². The number of allylic oxidation sites excluding steroid dienone is 1. The number of methoxy groups -OCH3 is 1. The molecular weight excluding hydrogens is 616 g/mol. The van der Waals surface area contributed by atoms with Crippen molar-refractivity contribution in [3.05, 3.63) is 47.0 Å². The Morgan fingerprint density at radius 2 is 1.96 bits per heavy atom. The lowest BCUT2D eigenvalue weighted by atomic mass is 9.93. The van der Waals surface area contributed by atoms with Crippen LogP contribution in [0.5, 0.6) is 11.5 Å². The van der Waals surface area contributed by atoms with Crippen molar-refractivity contribution in [3.8, 4) is 22.2 Å². The molecule has 6 rings (SSSR count). The molecule has 2 N–H and O–H groups in total. The number of rotatable bonds is 7. The molecule has 0 radical (unpaired) electrons. The number of thiazole rings is 1. The van der Waals surface area contributed by atoms with E-state index in [-0.39, 0.29) is 24.2 Å². The summed E-state index contributed by atoms with van der Waals surface area (Å²) in [5.74, 6) is -1.53. The molecule has 1 aliphatic heterocycles. The number of hydrogen-bond donors (Lipinski definition) is 2. The molecule has 11 heteroatoms. The summed E-state index contributed by atoms with van der Waals surface area (Å²) in [6.07, 6.45) is 7.67. The zero-order valence-corrected chi connectivity index (χ0v) is 28.6. The van der Waals surface area contributed by atoms with E-state index < -0.39 is 35.4 Å². The van der Waals surface area contributed by atoms with Gasteiger partial charge in [-0.2, -0.15) is 0 Å². The van der Waals surface area contributed by atoms with Gasteiger partial charge in [0, 0.05) is 41.9 Å². The topological polar surface area (TPSA) is 131 Å². The van der Waals surface area contributed by atoms with E-state index >= 15 is 0 Å². The number of pyridine rings is 1. The van der Waals surface area contributed by atoms with Crippen LogP contribution in [0.3, 0.4) is 0 Å². The van der Waals surface area contributed by atoms with Crippen molar-refractivity contribution < 1.29 is 29.0 Å². The number of aliphatic carboxylic acids is 1. The highest BCUT2D eigenvalue weighted by molar-refractivity contribution is 7.13. The van der Waals surface area contributed by atoms with Crippen LogP contribution in [0.2, 0.25) is 0 Å². The average Bonchev–Trinajstić information content (AvgIpc) is 3.36. The predicted molar refractivity (Wildman–Crippen MR) is 181 cm³/mol. The van der Waals surface area contributed by atoms with Gasteiger partial charge in [-0.3, -0.25) is 9.59 Å². The number of carbonyl (C=O) groups excluding carboxylic acids is 2. The summed E-state index contributed by atoms with van der Waals surface area (Å²) in [6, 6.07) is 5.76. The molecule has 2 aliphatic carbocycles. The van der Waals surface area contributed by atoms with Crippen LogP contribution >= 0.6 is 11.3 Å². The molecule has 0 spiro atoms. The summed E-state index contributed by atoms with van der Waals surface area (Å²) < 4.78 is 12.4. The number of aromatic nitrogens is 2. The van der Waals surface area contributed by atoms with Crippen LogP contribution in [0, 0.1) is 17.8 Å². The Hall–Kier alpha value is -3.99. The highest BCUT2D eigenvalue weighted by Gasteiger charge is 2.61. The Labute approximate surface area is 279 Å². The van der Waals surface area contributed by atoms with Gasteiger partial charge < -0.3 is 24.8 Å². The van der Waals surface area contributed by atoms with Gasteiger partial charge in [0.25, 0.3) is 0 Å². The SMILES string of the molecule is CCc1c(OC)ccc2c(O[C@@H]3C[C@H]4C(=O)N[C@]5(C(=O)O)C[C@@H]5/C=C\CCCCN(C)C(=O)[C@@H]4C3)cc(-c3nc(C(C)C)cs3)nc12. The molecule has 2 fully saturated rings. The smallest absolute Gasteiger partial charge is 0.330 e. The van der Waals surface area contributed by atoms with Crippen molar-refractivity contribution in [2.45, 2.75) is 83.3 Å². The zero-order chi connectivity index (χ0) is 33.5. The summed E-state index contributed by atoms with van der Waals surface area (Å²) in [4.78, 5) is 51.7. The van der Waals surface area contributed by atoms with Crippen LogP contribution in [0.25, 0.3) is 21.6 Å². The van der Waals surface area contributed by atoms with E-state index in [2.05, 4.69) is 31.5 Å². The van der Waals surface area contributed by atoms with E-state index in [9.17, 15) is 19.5 Å². The molecule has 5 atom stereocenters. The number of fused-ring (bicyclic) bond motifs is 3. The minimum atomic E-state index is -1.33. The molecule has 2 saturated carbocycles. The average molecular weight is 661 g/mol. The van der Waals surface area contributed by atoms with Gasteiger partial charge in [-0.25, -0.2) is 14.8 Å². The molecule has 47 heavy (non-hydrogen) atoms. The fourth-order valence-electron chi connectivity index (χ4n) is 7.08. The monoisotopic (exact) mass is 660 g/mol. The van der Waals surface area contributed by atoms with Gasteiger partial charge in [0.1, 0.15) is 33.8 Å². The van der Waals surface area contributed by atoms with E-state index in [0.717, 1.165) is 52.2 Å². The number of amides is 2. The molecule has 250 valence electrons. The predicted octanol–water partition coefficient (Wildman–Crippen LogP) is 5.98. The summed E-state index contributed by atoms with van der Waals surface area (Å²) in [6.45, 7) is 6.87. The van der Waals surface area contributed by atoms with Crippen LogP contribution in [-0.2, 0) is 20.8 Å². The van der Waals surface area contributed by atoms with Crippen LogP contribution in [0.4, 0.5) is 0 Å². The van der Waals surface area contributed by atoms with Crippen LogP contribution < -0.4 is 14.8 Å².